The Kier molecular flexibility index (Phi) is 30.9. The maximum Gasteiger partial charge on any atom is 0.303 e. The molecule has 2 amide bonds. The predicted molar refractivity (Wildman–Crippen MR) is 157 cm³/mol. The van der Waals surface area contributed by atoms with Gasteiger partial charge in [0.2, 0.25) is 11.8 Å². The summed E-state index contributed by atoms with van der Waals surface area (Å²) in [7, 11) is 0. The fraction of sp³-hybridized carbons (Fsp3) is 0.556. The lowest BCUT2D eigenvalue weighted by Gasteiger charge is -2.20. The van der Waals surface area contributed by atoms with Crippen LogP contribution in [0, 0.1) is 0 Å². The van der Waals surface area contributed by atoms with Crippen molar-refractivity contribution in [1.29, 1.82) is 0 Å². The van der Waals surface area contributed by atoms with E-state index in [0.717, 1.165) is 0 Å². The number of aliphatic hydroxyl groups is 6. The Morgan fingerprint density at radius 2 is 0.930 bits per heavy atom. The van der Waals surface area contributed by atoms with Gasteiger partial charge in [-0.25, -0.2) is 0 Å². The standard InChI is InChI=1S/2C10H15NO3.C4H11NO3.C3H9NO3/c2*1-3-7-11(8-4-2)9(12)5-6-10(13)14;5-4(1-6,2-7)3-8;4-3(7,1-5)2-6/h2*3-4H,1-2,5-8H2,(H,13,14);6-8H,1-3,5H2;5-7H,1-2,4H2/p-1. The van der Waals surface area contributed by atoms with Crippen LogP contribution in [0.1, 0.15) is 25.7 Å². The third-order valence-electron chi connectivity index (χ3n) is 4.69. The van der Waals surface area contributed by atoms with Crippen molar-refractivity contribution in [3.63, 3.8) is 0 Å². The number of amides is 2. The second-order valence-corrected chi connectivity index (χ2v) is 8.77. The molecule has 0 saturated carbocycles. The first-order valence-corrected chi connectivity index (χ1v) is 12.8. The average Bonchev–Trinajstić information content (AvgIpc) is 2.98. The zero-order valence-corrected chi connectivity index (χ0v) is 24.6. The molecule has 0 aliphatic heterocycles. The van der Waals surface area contributed by atoms with E-state index in [1.807, 2.05) is 0 Å². The Morgan fingerprint density at radius 1 is 0.628 bits per heavy atom. The molecule has 0 atom stereocenters. The van der Waals surface area contributed by atoms with Gasteiger partial charge in [0.15, 0.2) is 5.72 Å². The number of carbonyl (C=O) groups is 4. The first kappa shape index (κ1) is 46.5. The normalized spacial score (nSPS) is 10.1. The molecular formula is C27H49N4O12-. The van der Waals surface area contributed by atoms with Crippen molar-refractivity contribution in [2.45, 2.75) is 36.9 Å². The summed E-state index contributed by atoms with van der Waals surface area (Å²) in [5.74, 6) is -2.59. The van der Waals surface area contributed by atoms with Crippen molar-refractivity contribution in [2.75, 3.05) is 59.2 Å². The number of nitrogens with zero attached hydrogens (tertiary/aromatic N) is 2. The Morgan fingerprint density at radius 3 is 1.09 bits per heavy atom. The van der Waals surface area contributed by atoms with E-state index in [1.54, 1.807) is 24.3 Å². The van der Waals surface area contributed by atoms with E-state index in [2.05, 4.69) is 26.3 Å². The summed E-state index contributed by atoms with van der Waals surface area (Å²) < 4.78 is 0. The first-order chi connectivity index (χ1) is 20.0. The molecule has 0 aliphatic carbocycles. The van der Waals surface area contributed by atoms with Gasteiger partial charge in [0, 0.05) is 45.0 Å². The Bertz CT molecular complexity index is 749. The van der Waals surface area contributed by atoms with Crippen molar-refractivity contribution in [3.8, 4) is 0 Å². The average molecular weight is 622 g/mol. The quantitative estimate of drug-likeness (QED) is 0.0491. The van der Waals surface area contributed by atoms with Crippen LogP contribution in [0.3, 0.4) is 0 Å². The fourth-order valence-corrected chi connectivity index (χ4v) is 2.12. The molecule has 43 heavy (non-hydrogen) atoms. The summed E-state index contributed by atoms with van der Waals surface area (Å²) in [6, 6.07) is 0. The van der Waals surface area contributed by atoms with Gasteiger partial charge in [-0.05, 0) is 6.42 Å². The molecule has 0 aromatic heterocycles. The van der Waals surface area contributed by atoms with Crippen LogP contribution in [0.15, 0.2) is 50.6 Å². The van der Waals surface area contributed by atoms with Crippen LogP contribution in [0.4, 0.5) is 0 Å². The largest absolute Gasteiger partial charge is 0.550 e. The molecular weight excluding hydrogens is 572 g/mol. The van der Waals surface area contributed by atoms with Crippen molar-refractivity contribution in [2.24, 2.45) is 11.5 Å². The van der Waals surface area contributed by atoms with E-state index < -0.39 is 56.2 Å². The van der Waals surface area contributed by atoms with Crippen molar-refractivity contribution in [1.82, 2.24) is 9.80 Å². The highest BCUT2D eigenvalue weighted by atomic mass is 16.4. The van der Waals surface area contributed by atoms with Crippen LogP contribution in [-0.4, -0.2) is 140 Å². The molecule has 0 aromatic rings. The van der Waals surface area contributed by atoms with Gasteiger partial charge in [0.1, 0.15) is 0 Å². The molecule has 0 rings (SSSR count). The van der Waals surface area contributed by atoms with Gasteiger partial charge in [-0.1, -0.05) is 24.3 Å². The zero-order valence-electron chi connectivity index (χ0n) is 24.6. The number of hydrogen-bond acceptors (Lipinski definition) is 13. The summed E-state index contributed by atoms with van der Waals surface area (Å²) in [6.07, 6.45) is 5.97. The van der Waals surface area contributed by atoms with E-state index in [-0.39, 0.29) is 37.5 Å². The third kappa shape index (κ3) is 29.8. The van der Waals surface area contributed by atoms with Crippen LogP contribution < -0.4 is 16.6 Å². The summed E-state index contributed by atoms with van der Waals surface area (Å²) >= 11 is 0. The summed E-state index contributed by atoms with van der Waals surface area (Å²) in [6.45, 7) is 13.2. The minimum Gasteiger partial charge on any atom is -0.550 e. The van der Waals surface area contributed by atoms with E-state index in [4.69, 9.17) is 47.2 Å². The van der Waals surface area contributed by atoms with Gasteiger partial charge in [-0.3, -0.25) is 20.1 Å². The number of rotatable bonds is 19. The molecule has 0 heterocycles. The maximum atomic E-state index is 11.4. The van der Waals surface area contributed by atoms with Crippen molar-refractivity contribution in [3.05, 3.63) is 50.6 Å². The topological polar surface area (TPSA) is 291 Å². The number of aliphatic carboxylic acids is 2. The fourth-order valence-electron chi connectivity index (χ4n) is 2.12. The van der Waals surface area contributed by atoms with E-state index in [9.17, 15) is 24.3 Å². The molecule has 0 fully saturated rings. The van der Waals surface area contributed by atoms with Gasteiger partial charge in [-0.15, -0.1) is 26.3 Å². The van der Waals surface area contributed by atoms with E-state index in [1.165, 1.54) is 9.80 Å². The minimum absolute atomic E-state index is 0.0248. The lowest BCUT2D eigenvalue weighted by Crippen LogP contribution is -2.50. The highest BCUT2D eigenvalue weighted by Crippen LogP contribution is 1.99. The van der Waals surface area contributed by atoms with Gasteiger partial charge < -0.3 is 61.2 Å². The molecule has 16 heteroatoms. The summed E-state index contributed by atoms with van der Waals surface area (Å²) in [5.41, 5.74) is 6.90. The number of aliphatic hydroxyl groups excluding tert-OH is 5. The van der Waals surface area contributed by atoms with Crippen molar-refractivity contribution >= 4 is 23.8 Å². The van der Waals surface area contributed by atoms with Crippen LogP contribution >= 0.6 is 0 Å². The van der Waals surface area contributed by atoms with Gasteiger partial charge >= 0.3 is 5.97 Å². The Balaban J connectivity index is -0.000000246. The highest BCUT2D eigenvalue weighted by Gasteiger charge is 2.20. The van der Waals surface area contributed by atoms with Crippen LogP contribution in [0.5, 0.6) is 0 Å². The highest BCUT2D eigenvalue weighted by molar-refractivity contribution is 5.81. The minimum atomic E-state index is -1.81. The molecule has 0 aliphatic rings. The number of hydrogen-bond donors (Lipinski definition) is 9. The summed E-state index contributed by atoms with van der Waals surface area (Å²) in [4.78, 5) is 46.1. The monoisotopic (exact) mass is 621 g/mol. The summed E-state index contributed by atoms with van der Waals surface area (Å²) in [5, 5.41) is 68.1. The number of carboxylic acid groups (broad SMARTS) is 2. The maximum absolute atomic E-state index is 11.4. The molecule has 0 bridgehead atoms. The molecule has 0 aromatic carbocycles. The van der Waals surface area contributed by atoms with Gasteiger partial charge in [0.05, 0.1) is 45.0 Å². The molecule has 16 nitrogen and oxygen atoms in total. The molecule has 0 unspecified atom stereocenters. The Labute approximate surface area is 252 Å². The van der Waals surface area contributed by atoms with Crippen LogP contribution in [0.2, 0.25) is 0 Å². The van der Waals surface area contributed by atoms with E-state index >= 15 is 0 Å². The number of carbonyl (C=O) groups excluding carboxylic acids is 3. The lowest BCUT2D eigenvalue weighted by atomic mass is 10.1. The molecule has 0 radical (unpaired) electrons. The van der Waals surface area contributed by atoms with Gasteiger partial charge in [-0.2, -0.15) is 0 Å². The molecule has 0 saturated heterocycles. The zero-order chi connectivity index (χ0) is 34.5. The predicted octanol–water partition coefficient (Wildman–Crippen LogP) is -3.95. The van der Waals surface area contributed by atoms with E-state index in [0.29, 0.717) is 26.2 Å². The van der Waals surface area contributed by atoms with Crippen molar-refractivity contribution < 1.29 is 60.0 Å². The number of carboxylic acids is 2. The lowest BCUT2D eigenvalue weighted by molar-refractivity contribution is -0.305. The third-order valence-corrected chi connectivity index (χ3v) is 4.69. The molecule has 250 valence electrons. The molecule has 11 N–H and O–H groups in total. The smallest absolute Gasteiger partial charge is 0.303 e. The van der Waals surface area contributed by atoms with Crippen LogP contribution in [-0.2, 0) is 19.2 Å². The second kappa shape index (κ2) is 28.6. The Hall–Kier alpha value is -3.48. The van der Waals surface area contributed by atoms with Crippen LogP contribution in [0.25, 0.3) is 0 Å². The number of nitrogens with two attached hydrogens (primary N) is 2. The first-order valence-electron chi connectivity index (χ1n) is 12.8. The second-order valence-electron chi connectivity index (χ2n) is 8.77. The SMILES string of the molecule is C=CCN(CC=C)C(=O)CCC(=O)O.C=CCN(CC=C)C(=O)CCC(=O)[O-].NC(CO)(CO)CO.NC(O)(CO)CO. The van der Waals surface area contributed by atoms with Gasteiger partial charge in [0.25, 0.3) is 0 Å². The molecule has 0 spiro atoms.